The second-order valence-corrected chi connectivity index (χ2v) is 6.59. The molecule has 136 valence electrons. The average Bonchev–Trinajstić information content (AvgIpc) is 2.52. The van der Waals surface area contributed by atoms with Crippen molar-refractivity contribution in [2.75, 3.05) is 37.8 Å². The monoisotopic (exact) mass is 343 g/mol. The van der Waals surface area contributed by atoms with Gasteiger partial charge in [0.1, 0.15) is 11.6 Å². The Labute approximate surface area is 150 Å². The molecule has 1 heterocycles. The van der Waals surface area contributed by atoms with E-state index in [4.69, 9.17) is 4.74 Å². The highest BCUT2D eigenvalue weighted by Gasteiger charge is 2.08. The molecule has 0 radical (unpaired) electrons. The van der Waals surface area contributed by atoms with Gasteiger partial charge in [0.25, 0.3) is 0 Å². The number of aryl methyl sites for hydroxylation is 1. The Bertz CT molecular complexity index is 673. The van der Waals surface area contributed by atoms with E-state index in [0.717, 1.165) is 42.5 Å². The van der Waals surface area contributed by atoms with Crippen molar-refractivity contribution < 1.29 is 4.74 Å². The fourth-order valence-electron chi connectivity index (χ4n) is 2.37. The molecule has 0 spiro atoms. The van der Waals surface area contributed by atoms with Crippen LogP contribution in [-0.2, 0) is 0 Å². The number of nitrogens with one attached hydrogen (secondary N) is 2. The van der Waals surface area contributed by atoms with E-state index < -0.39 is 0 Å². The van der Waals surface area contributed by atoms with E-state index in [0.29, 0.717) is 5.95 Å². The smallest absolute Gasteiger partial charge is 0.229 e. The molecule has 6 nitrogen and oxygen atoms in total. The molecule has 0 amide bonds. The first-order valence-electron chi connectivity index (χ1n) is 8.71. The van der Waals surface area contributed by atoms with E-state index in [2.05, 4.69) is 39.6 Å². The van der Waals surface area contributed by atoms with Crippen LogP contribution in [0, 0.1) is 6.92 Å². The van der Waals surface area contributed by atoms with E-state index in [1.165, 1.54) is 0 Å². The minimum atomic E-state index is 0.107. The Kier molecular flexibility index (Phi) is 7.01. The van der Waals surface area contributed by atoms with Crippen LogP contribution in [0.3, 0.4) is 0 Å². The van der Waals surface area contributed by atoms with Gasteiger partial charge in [0.15, 0.2) is 0 Å². The number of anilines is 3. The van der Waals surface area contributed by atoms with Gasteiger partial charge in [-0.1, -0.05) is 12.1 Å². The minimum Gasteiger partial charge on any atom is -0.489 e. The zero-order valence-electron chi connectivity index (χ0n) is 15.8. The maximum absolute atomic E-state index is 5.84. The maximum Gasteiger partial charge on any atom is 0.229 e. The third-order valence-corrected chi connectivity index (χ3v) is 3.44. The highest BCUT2D eigenvalue weighted by molar-refractivity contribution is 5.63. The van der Waals surface area contributed by atoms with Crippen LogP contribution in [0.5, 0.6) is 5.75 Å². The average molecular weight is 343 g/mol. The highest BCUT2D eigenvalue weighted by atomic mass is 16.5. The molecule has 0 aliphatic rings. The molecular formula is C19H29N5O. The number of hydrogen-bond acceptors (Lipinski definition) is 6. The van der Waals surface area contributed by atoms with E-state index in [1.54, 1.807) is 0 Å². The Hall–Kier alpha value is -2.34. The molecule has 25 heavy (non-hydrogen) atoms. The van der Waals surface area contributed by atoms with Crippen molar-refractivity contribution in [3.8, 4) is 5.75 Å². The molecule has 1 aromatic heterocycles. The zero-order chi connectivity index (χ0) is 18.2. The molecule has 2 aromatic rings. The summed E-state index contributed by atoms with van der Waals surface area (Å²) in [4.78, 5) is 11.2. The lowest BCUT2D eigenvalue weighted by atomic mass is 10.3. The highest BCUT2D eigenvalue weighted by Crippen LogP contribution is 2.27. The molecule has 0 bridgehead atoms. The van der Waals surface area contributed by atoms with Crippen molar-refractivity contribution in [3.63, 3.8) is 0 Å². The molecule has 1 aromatic carbocycles. The fourth-order valence-corrected chi connectivity index (χ4v) is 2.37. The van der Waals surface area contributed by atoms with Gasteiger partial charge in [-0.3, -0.25) is 0 Å². The summed E-state index contributed by atoms with van der Waals surface area (Å²) in [5.74, 6) is 2.19. The van der Waals surface area contributed by atoms with Crippen LogP contribution in [0.4, 0.5) is 17.5 Å². The van der Waals surface area contributed by atoms with Crippen LogP contribution in [0.15, 0.2) is 30.3 Å². The SMILES string of the molecule is Cc1cc(NCCCN(C)C)nc(Nc2ccccc2OC(C)C)n1. The first-order valence-corrected chi connectivity index (χ1v) is 8.71. The summed E-state index contributed by atoms with van der Waals surface area (Å²) in [6.45, 7) is 7.91. The van der Waals surface area contributed by atoms with E-state index >= 15 is 0 Å². The number of ether oxygens (including phenoxy) is 1. The van der Waals surface area contributed by atoms with Gasteiger partial charge >= 0.3 is 0 Å². The maximum atomic E-state index is 5.84. The Morgan fingerprint density at radius 3 is 2.64 bits per heavy atom. The van der Waals surface area contributed by atoms with Crippen LogP contribution in [0.25, 0.3) is 0 Å². The van der Waals surface area contributed by atoms with Gasteiger partial charge in [0.2, 0.25) is 5.95 Å². The van der Waals surface area contributed by atoms with E-state index in [1.807, 2.05) is 51.1 Å². The second kappa shape index (κ2) is 9.22. The molecule has 6 heteroatoms. The second-order valence-electron chi connectivity index (χ2n) is 6.59. The summed E-state index contributed by atoms with van der Waals surface area (Å²) in [5, 5.41) is 6.64. The van der Waals surface area contributed by atoms with Crippen molar-refractivity contribution in [1.29, 1.82) is 0 Å². The topological polar surface area (TPSA) is 62.3 Å². The third-order valence-electron chi connectivity index (χ3n) is 3.44. The molecule has 0 unspecified atom stereocenters. The summed E-state index contributed by atoms with van der Waals surface area (Å²) in [7, 11) is 4.15. The third kappa shape index (κ3) is 6.58. The molecule has 0 fully saturated rings. The first kappa shape index (κ1) is 19.0. The number of para-hydroxylation sites is 2. The summed E-state index contributed by atoms with van der Waals surface area (Å²) >= 11 is 0. The van der Waals surface area contributed by atoms with Gasteiger partial charge in [-0.15, -0.1) is 0 Å². The quantitative estimate of drug-likeness (QED) is 0.677. The van der Waals surface area contributed by atoms with Gasteiger partial charge in [-0.2, -0.15) is 4.98 Å². The molecule has 0 aliphatic carbocycles. The molecule has 0 saturated carbocycles. The van der Waals surface area contributed by atoms with Crippen molar-refractivity contribution in [1.82, 2.24) is 14.9 Å². The largest absolute Gasteiger partial charge is 0.489 e. The van der Waals surface area contributed by atoms with Crippen LogP contribution in [-0.4, -0.2) is 48.2 Å². The Balaban J connectivity index is 2.07. The van der Waals surface area contributed by atoms with Gasteiger partial charge in [0.05, 0.1) is 11.8 Å². The predicted octanol–water partition coefficient (Wildman–Crippen LogP) is 3.68. The van der Waals surface area contributed by atoms with Crippen molar-refractivity contribution in [2.45, 2.75) is 33.3 Å². The van der Waals surface area contributed by atoms with Crippen LogP contribution in [0.1, 0.15) is 26.0 Å². The van der Waals surface area contributed by atoms with Gasteiger partial charge in [-0.25, -0.2) is 4.98 Å². The lowest BCUT2D eigenvalue weighted by molar-refractivity contribution is 0.244. The first-order chi connectivity index (χ1) is 11.9. The summed E-state index contributed by atoms with van der Waals surface area (Å²) in [5.41, 5.74) is 1.77. The van der Waals surface area contributed by atoms with E-state index in [9.17, 15) is 0 Å². The number of aromatic nitrogens is 2. The van der Waals surface area contributed by atoms with Crippen molar-refractivity contribution in [2.24, 2.45) is 0 Å². The summed E-state index contributed by atoms with van der Waals surface area (Å²) < 4.78 is 5.84. The molecule has 0 aliphatic heterocycles. The van der Waals surface area contributed by atoms with Gasteiger partial charge < -0.3 is 20.3 Å². The molecular weight excluding hydrogens is 314 g/mol. The lowest BCUT2D eigenvalue weighted by Crippen LogP contribution is -2.17. The number of benzene rings is 1. The van der Waals surface area contributed by atoms with Gasteiger partial charge in [-0.05, 0) is 60.0 Å². The summed E-state index contributed by atoms with van der Waals surface area (Å²) in [6, 6.07) is 9.78. The van der Waals surface area contributed by atoms with Crippen LogP contribution < -0.4 is 15.4 Å². The molecule has 0 saturated heterocycles. The van der Waals surface area contributed by atoms with Crippen molar-refractivity contribution >= 4 is 17.5 Å². The Morgan fingerprint density at radius 2 is 1.92 bits per heavy atom. The normalized spacial score (nSPS) is 11.0. The summed E-state index contributed by atoms with van der Waals surface area (Å²) in [6.07, 6.45) is 1.17. The van der Waals surface area contributed by atoms with E-state index in [-0.39, 0.29) is 6.10 Å². The number of rotatable bonds is 9. The predicted molar refractivity (Wildman–Crippen MR) is 104 cm³/mol. The standard InChI is InChI=1S/C19H29N5O/c1-14(2)25-17-10-7-6-9-16(17)22-19-21-15(3)13-18(23-19)20-11-8-12-24(4)5/h6-7,9-10,13-14H,8,11-12H2,1-5H3,(H2,20,21,22,23). The van der Waals surface area contributed by atoms with Crippen LogP contribution in [0.2, 0.25) is 0 Å². The van der Waals surface area contributed by atoms with Crippen molar-refractivity contribution in [3.05, 3.63) is 36.0 Å². The Morgan fingerprint density at radius 1 is 1.16 bits per heavy atom. The number of hydrogen-bond donors (Lipinski definition) is 2. The molecule has 2 N–H and O–H groups in total. The van der Waals surface area contributed by atoms with Gasteiger partial charge in [0, 0.05) is 18.3 Å². The molecule has 0 atom stereocenters. The zero-order valence-corrected chi connectivity index (χ0v) is 15.8. The fraction of sp³-hybridized carbons (Fsp3) is 0.474. The van der Waals surface area contributed by atoms with Crippen LogP contribution >= 0.6 is 0 Å². The lowest BCUT2D eigenvalue weighted by Gasteiger charge is -2.15. The number of nitrogens with zero attached hydrogens (tertiary/aromatic N) is 3. The molecule has 2 rings (SSSR count). The minimum absolute atomic E-state index is 0.107.